The van der Waals surface area contributed by atoms with Crippen LogP contribution in [0.15, 0.2) is 73.3 Å². The van der Waals surface area contributed by atoms with Gasteiger partial charge in [-0.25, -0.2) is 9.97 Å². The number of imidazole rings is 2. The SMILES string of the molecule is C(=C\Cn1cnc2ccccc21)/Cn1cnc2ccccc21. The summed E-state index contributed by atoms with van der Waals surface area (Å²) in [5, 5.41) is 0. The van der Waals surface area contributed by atoms with Crippen molar-refractivity contribution in [1.29, 1.82) is 0 Å². The van der Waals surface area contributed by atoms with Crippen molar-refractivity contribution in [3.8, 4) is 0 Å². The molecule has 0 N–H and O–H groups in total. The summed E-state index contributed by atoms with van der Waals surface area (Å²) in [6, 6.07) is 16.4. The van der Waals surface area contributed by atoms with Gasteiger partial charge in [0.15, 0.2) is 0 Å². The van der Waals surface area contributed by atoms with E-state index in [4.69, 9.17) is 0 Å². The van der Waals surface area contributed by atoms with Crippen LogP contribution in [-0.4, -0.2) is 19.1 Å². The standard InChI is InChI=1S/C18H16N4/c1-3-9-17-15(7-1)19-13-21(17)11-5-6-12-22-14-20-16-8-2-4-10-18(16)22/h1-10,13-14H,11-12H2/b6-5+. The van der Waals surface area contributed by atoms with Crippen LogP contribution in [0, 0.1) is 0 Å². The Morgan fingerprint density at radius 3 is 1.64 bits per heavy atom. The third kappa shape index (κ3) is 2.29. The quantitative estimate of drug-likeness (QED) is 0.537. The van der Waals surface area contributed by atoms with Gasteiger partial charge in [-0.1, -0.05) is 36.4 Å². The fourth-order valence-electron chi connectivity index (χ4n) is 2.69. The van der Waals surface area contributed by atoms with E-state index in [1.807, 2.05) is 49.1 Å². The normalized spacial score (nSPS) is 11.8. The lowest BCUT2D eigenvalue weighted by molar-refractivity contribution is 0.817. The number of hydrogen-bond acceptors (Lipinski definition) is 2. The largest absolute Gasteiger partial charge is 0.327 e. The second-order valence-corrected chi connectivity index (χ2v) is 5.24. The number of rotatable bonds is 4. The van der Waals surface area contributed by atoms with Crippen molar-refractivity contribution in [3.05, 3.63) is 73.3 Å². The molecule has 22 heavy (non-hydrogen) atoms. The molecule has 4 nitrogen and oxygen atoms in total. The second kappa shape index (κ2) is 5.48. The van der Waals surface area contributed by atoms with Gasteiger partial charge >= 0.3 is 0 Å². The number of para-hydroxylation sites is 4. The molecule has 0 saturated carbocycles. The summed E-state index contributed by atoms with van der Waals surface area (Å²) < 4.78 is 4.30. The molecule has 0 amide bonds. The first kappa shape index (κ1) is 12.8. The zero-order valence-corrected chi connectivity index (χ0v) is 12.1. The molecule has 4 heteroatoms. The first-order valence-electron chi connectivity index (χ1n) is 7.36. The van der Waals surface area contributed by atoms with Gasteiger partial charge in [0, 0.05) is 13.1 Å². The van der Waals surface area contributed by atoms with Crippen LogP contribution < -0.4 is 0 Å². The van der Waals surface area contributed by atoms with Crippen molar-refractivity contribution in [2.75, 3.05) is 0 Å². The number of allylic oxidation sites excluding steroid dienone is 2. The number of aromatic nitrogens is 4. The Morgan fingerprint density at radius 1 is 0.682 bits per heavy atom. The van der Waals surface area contributed by atoms with Crippen LogP contribution in [0.4, 0.5) is 0 Å². The third-order valence-corrected chi connectivity index (χ3v) is 3.83. The summed E-state index contributed by atoms with van der Waals surface area (Å²) in [5.74, 6) is 0. The smallest absolute Gasteiger partial charge is 0.0961 e. The molecule has 4 rings (SSSR count). The van der Waals surface area contributed by atoms with Gasteiger partial charge in [0.05, 0.1) is 34.7 Å². The summed E-state index contributed by atoms with van der Waals surface area (Å²) >= 11 is 0. The molecule has 4 aromatic rings. The molecule has 0 radical (unpaired) electrons. The maximum atomic E-state index is 4.40. The second-order valence-electron chi connectivity index (χ2n) is 5.24. The van der Waals surface area contributed by atoms with Gasteiger partial charge in [-0.2, -0.15) is 0 Å². The molecular formula is C18H16N4. The molecule has 0 unspecified atom stereocenters. The van der Waals surface area contributed by atoms with Crippen LogP contribution in [0.25, 0.3) is 22.1 Å². The van der Waals surface area contributed by atoms with Gasteiger partial charge in [-0.05, 0) is 24.3 Å². The van der Waals surface area contributed by atoms with Crippen LogP contribution in [-0.2, 0) is 13.1 Å². The van der Waals surface area contributed by atoms with Gasteiger partial charge in [-0.15, -0.1) is 0 Å². The molecule has 0 aliphatic rings. The Hall–Kier alpha value is -2.88. The van der Waals surface area contributed by atoms with Crippen LogP contribution in [0.2, 0.25) is 0 Å². The molecule has 0 bridgehead atoms. The highest BCUT2D eigenvalue weighted by Crippen LogP contribution is 2.13. The van der Waals surface area contributed by atoms with Gasteiger partial charge in [0.25, 0.3) is 0 Å². The van der Waals surface area contributed by atoms with Crippen LogP contribution in [0.5, 0.6) is 0 Å². The summed E-state index contributed by atoms with van der Waals surface area (Å²) in [4.78, 5) is 8.80. The van der Waals surface area contributed by atoms with E-state index in [1.54, 1.807) is 0 Å². The maximum absolute atomic E-state index is 4.40. The number of benzene rings is 2. The highest BCUT2D eigenvalue weighted by atomic mass is 15.0. The summed E-state index contributed by atoms with van der Waals surface area (Å²) in [7, 11) is 0. The Balaban J connectivity index is 1.49. The minimum Gasteiger partial charge on any atom is -0.327 e. The monoisotopic (exact) mass is 288 g/mol. The lowest BCUT2D eigenvalue weighted by atomic mass is 10.3. The topological polar surface area (TPSA) is 35.6 Å². The lowest BCUT2D eigenvalue weighted by Crippen LogP contribution is -1.95. The molecule has 0 atom stereocenters. The van der Waals surface area contributed by atoms with E-state index in [1.165, 1.54) is 11.0 Å². The first-order valence-corrected chi connectivity index (χ1v) is 7.36. The predicted octanol–water partition coefficient (Wildman–Crippen LogP) is 3.64. The van der Waals surface area contributed by atoms with Crippen molar-refractivity contribution >= 4 is 22.1 Å². The molecule has 108 valence electrons. The average molecular weight is 288 g/mol. The van der Waals surface area contributed by atoms with Crippen molar-refractivity contribution < 1.29 is 0 Å². The Kier molecular flexibility index (Phi) is 3.20. The van der Waals surface area contributed by atoms with Crippen molar-refractivity contribution in [2.45, 2.75) is 13.1 Å². The fourth-order valence-corrected chi connectivity index (χ4v) is 2.69. The molecule has 0 spiro atoms. The van der Waals surface area contributed by atoms with Gasteiger partial charge in [-0.3, -0.25) is 0 Å². The van der Waals surface area contributed by atoms with Crippen LogP contribution in [0.1, 0.15) is 0 Å². The fraction of sp³-hybridized carbons (Fsp3) is 0.111. The number of hydrogen-bond donors (Lipinski definition) is 0. The van der Waals surface area contributed by atoms with Crippen molar-refractivity contribution in [2.24, 2.45) is 0 Å². The summed E-state index contributed by atoms with van der Waals surface area (Å²) in [6.07, 6.45) is 8.12. The van der Waals surface area contributed by atoms with Gasteiger partial charge < -0.3 is 9.13 Å². The number of nitrogens with zero attached hydrogens (tertiary/aromatic N) is 4. The van der Waals surface area contributed by atoms with E-state index in [9.17, 15) is 0 Å². The molecule has 2 aromatic heterocycles. The van der Waals surface area contributed by atoms with E-state index in [0.717, 1.165) is 24.1 Å². The minimum atomic E-state index is 0.827. The zero-order valence-electron chi connectivity index (χ0n) is 12.1. The van der Waals surface area contributed by atoms with E-state index < -0.39 is 0 Å². The van der Waals surface area contributed by atoms with Crippen molar-refractivity contribution in [3.63, 3.8) is 0 Å². The Labute approximate surface area is 128 Å². The van der Waals surface area contributed by atoms with E-state index in [-0.39, 0.29) is 0 Å². The molecule has 0 aliphatic carbocycles. The molecule has 0 saturated heterocycles. The van der Waals surface area contributed by atoms with Crippen LogP contribution in [0.3, 0.4) is 0 Å². The highest BCUT2D eigenvalue weighted by Gasteiger charge is 2.00. The van der Waals surface area contributed by atoms with Crippen LogP contribution >= 0.6 is 0 Å². The Bertz CT molecular complexity index is 868. The molecule has 2 aromatic carbocycles. The third-order valence-electron chi connectivity index (χ3n) is 3.83. The Morgan fingerprint density at radius 2 is 1.14 bits per heavy atom. The van der Waals surface area contributed by atoms with E-state index in [2.05, 4.69) is 43.4 Å². The lowest BCUT2D eigenvalue weighted by Gasteiger charge is -2.01. The van der Waals surface area contributed by atoms with E-state index in [0.29, 0.717) is 0 Å². The van der Waals surface area contributed by atoms with Gasteiger partial charge in [0.2, 0.25) is 0 Å². The zero-order chi connectivity index (χ0) is 14.8. The number of fused-ring (bicyclic) bond motifs is 2. The summed E-state index contributed by atoms with van der Waals surface area (Å²) in [6.45, 7) is 1.65. The molecule has 0 aliphatic heterocycles. The van der Waals surface area contributed by atoms with Crippen molar-refractivity contribution in [1.82, 2.24) is 19.1 Å². The molecular weight excluding hydrogens is 272 g/mol. The average Bonchev–Trinajstić information content (AvgIpc) is 3.16. The predicted molar refractivity (Wildman–Crippen MR) is 88.6 cm³/mol. The first-order chi connectivity index (χ1) is 10.9. The molecule has 0 fully saturated rings. The van der Waals surface area contributed by atoms with E-state index >= 15 is 0 Å². The summed E-state index contributed by atoms with van der Waals surface area (Å²) in [5.41, 5.74) is 4.41. The molecule has 2 heterocycles. The minimum absolute atomic E-state index is 0.827. The van der Waals surface area contributed by atoms with Gasteiger partial charge in [0.1, 0.15) is 0 Å². The maximum Gasteiger partial charge on any atom is 0.0961 e. The highest BCUT2D eigenvalue weighted by molar-refractivity contribution is 5.75.